The van der Waals surface area contributed by atoms with E-state index in [0.29, 0.717) is 5.56 Å². The van der Waals surface area contributed by atoms with E-state index in [1.54, 1.807) is 30.3 Å². The lowest BCUT2D eigenvalue weighted by atomic mass is 10.1. The number of carbonyl (C=O) groups excluding carboxylic acids is 3. The monoisotopic (exact) mass is 309 g/mol. The molecule has 0 aliphatic heterocycles. The summed E-state index contributed by atoms with van der Waals surface area (Å²) in [5.74, 6) is -4.15. The van der Waals surface area contributed by atoms with Gasteiger partial charge < -0.3 is 26.5 Å². The SMILES string of the molecule is NC(=O)CCC(N)C(=O)O.O=C([O-])C(=O)Cc1ccccc1. The smallest absolute Gasteiger partial charge is 0.320 e. The van der Waals surface area contributed by atoms with Gasteiger partial charge in [0.15, 0.2) is 5.78 Å². The van der Waals surface area contributed by atoms with Crippen molar-refractivity contribution in [2.24, 2.45) is 11.5 Å². The third-order valence-corrected chi connectivity index (χ3v) is 2.45. The Morgan fingerprint density at radius 2 is 1.68 bits per heavy atom. The Morgan fingerprint density at radius 3 is 2.09 bits per heavy atom. The largest absolute Gasteiger partial charge is 0.542 e. The van der Waals surface area contributed by atoms with Gasteiger partial charge in [-0.1, -0.05) is 30.3 Å². The first kappa shape index (κ1) is 19.3. The minimum Gasteiger partial charge on any atom is -0.542 e. The molecule has 1 rings (SSSR count). The number of carboxylic acids is 2. The Labute approximate surface area is 126 Å². The highest BCUT2D eigenvalue weighted by Gasteiger charge is 2.11. The summed E-state index contributed by atoms with van der Waals surface area (Å²) < 4.78 is 0. The van der Waals surface area contributed by atoms with Gasteiger partial charge in [-0.2, -0.15) is 0 Å². The average molecular weight is 309 g/mol. The topological polar surface area (TPSA) is 164 Å². The highest BCUT2D eigenvalue weighted by Crippen LogP contribution is 1.99. The molecule has 1 amide bonds. The van der Waals surface area contributed by atoms with Crippen LogP contribution in [0.5, 0.6) is 0 Å². The molecule has 1 unspecified atom stereocenters. The maximum absolute atomic E-state index is 10.7. The third-order valence-electron chi connectivity index (χ3n) is 2.45. The van der Waals surface area contributed by atoms with Crippen LogP contribution in [0.15, 0.2) is 30.3 Å². The molecule has 1 aromatic carbocycles. The number of benzene rings is 1. The van der Waals surface area contributed by atoms with Crippen molar-refractivity contribution in [3.05, 3.63) is 35.9 Å². The van der Waals surface area contributed by atoms with Crippen LogP contribution in [0.1, 0.15) is 18.4 Å². The molecular formula is C14H17N2O6-. The van der Waals surface area contributed by atoms with Crippen LogP contribution in [0.3, 0.4) is 0 Å². The lowest BCUT2D eigenvalue weighted by molar-refractivity contribution is -0.299. The summed E-state index contributed by atoms with van der Waals surface area (Å²) in [6, 6.07) is 7.71. The molecular weight excluding hydrogens is 292 g/mol. The summed E-state index contributed by atoms with van der Waals surface area (Å²) in [5, 5.41) is 18.3. The molecule has 0 saturated carbocycles. The fourth-order valence-electron chi connectivity index (χ4n) is 1.27. The molecule has 0 aromatic heterocycles. The van der Waals surface area contributed by atoms with Crippen molar-refractivity contribution in [2.45, 2.75) is 25.3 Å². The van der Waals surface area contributed by atoms with Crippen molar-refractivity contribution in [2.75, 3.05) is 0 Å². The van der Waals surface area contributed by atoms with Crippen molar-refractivity contribution >= 4 is 23.6 Å². The van der Waals surface area contributed by atoms with Crippen molar-refractivity contribution < 1.29 is 29.4 Å². The molecule has 0 aliphatic carbocycles. The second-order valence-electron chi connectivity index (χ2n) is 4.32. The van der Waals surface area contributed by atoms with Crippen LogP contribution in [0.4, 0.5) is 0 Å². The number of ketones is 1. The fraction of sp³-hybridized carbons (Fsp3) is 0.286. The van der Waals surface area contributed by atoms with Gasteiger partial charge >= 0.3 is 5.97 Å². The lowest BCUT2D eigenvalue weighted by Crippen LogP contribution is -2.32. The van der Waals surface area contributed by atoms with Crippen LogP contribution in [-0.2, 0) is 25.6 Å². The molecule has 0 radical (unpaired) electrons. The van der Waals surface area contributed by atoms with Crippen LogP contribution in [0.25, 0.3) is 0 Å². The van der Waals surface area contributed by atoms with Gasteiger partial charge in [0, 0.05) is 12.8 Å². The predicted molar refractivity (Wildman–Crippen MR) is 74.2 cm³/mol. The summed E-state index contributed by atoms with van der Waals surface area (Å²) in [6.45, 7) is 0. The number of aliphatic carboxylic acids is 2. The Bertz CT molecular complexity index is 529. The molecule has 120 valence electrons. The number of primary amides is 1. The van der Waals surface area contributed by atoms with E-state index < -0.39 is 29.7 Å². The van der Waals surface area contributed by atoms with E-state index in [4.69, 9.17) is 16.6 Å². The third kappa shape index (κ3) is 9.21. The molecule has 1 atom stereocenters. The minimum absolute atomic E-state index is 0.0213. The summed E-state index contributed by atoms with van der Waals surface area (Å²) in [4.78, 5) is 40.8. The first-order valence-electron chi connectivity index (χ1n) is 6.28. The molecule has 8 heteroatoms. The number of nitrogens with two attached hydrogens (primary N) is 2. The number of hydrogen-bond acceptors (Lipinski definition) is 6. The first-order valence-corrected chi connectivity index (χ1v) is 6.28. The maximum atomic E-state index is 10.7. The number of Topliss-reactive ketones (excluding diaryl/α,β-unsaturated/α-hetero) is 1. The lowest BCUT2D eigenvalue weighted by Gasteiger charge is -2.01. The van der Waals surface area contributed by atoms with Gasteiger partial charge in [-0.05, 0) is 12.0 Å². The van der Waals surface area contributed by atoms with E-state index in [1.165, 1.54) is 0 Å². The maximum Gasteiger partial charge on any atom is 0.320 e. The standard InChI is InChI=1S/C9H8O3.C5H10N2O3/c10-8(9(11)12)6-7-4-2-1-3-5-7;6-3(5(9)10)1-2-4(7)8/h1-5H,6H2,(H,11,12);3H,1-2,6H2,(H2,7,8)(H,9,10)/p-1. The highest BCUT2D eigenvalue weighted by molar-refractivity contribution is 6.32. The second kappa shape index (κ2) is 10.1. The van der Waals surface area contributed by atoms with Crippen LogP contribution >= 0.6 is 0 Å². The van der Waals surface area contributed by atoms with E-state index in [9.17, 15) is 24.3 Å². The van der Waals surface area contributed by atoms with Gasteiger partial charge in [-0.15, -0.1) is 0 Å². The zero-order valence-electron chi connectivity index (χ0n) is 11.7. The zero-order chi connectivity index (χ0) is 17.1. The van der Waals surface area contributed by atoms with Crippen LogP contribution < -0.4 is 16.6 Å². The van der Waals surface area contributed by atoms with E-state index in [2.05, 4.69) is 0 Å². The van der Waals surface area contributed by atoms with Crippen LogP contribution in [-0.4, -0.2) is 34.8 Å². The molecule has 22 heavy (non-hydrogen) atoms. The van der Waals surface area contributed by atoms with Crippen molar-refractivity contribution in [3.8, 4) is 0 Å². The summed E-state index contributed by atoms with van der Waals surface area (Å²) >= 11 is 0. The molecule has 0 saturated heterocycles. The molecule has 0 bridgehead atoms. The number of rotatable bonds is 7. The molecule has 0 aliphatic rings. The average Bonchev–Trinajstić information content (AvgIpc) is 2.46. The number of hydrogen-bond donors (Lipinski definition) is 3. The van der Waals surface area contributed by atoms with Crippen molar-refractivity contribution in [1.29, 1.82) is 0 Å². The van der Waals surface area contributed by atoms with Gasteiger partial charge in [-0.3, -0.25) is 14.4 Å². The first-order chi connectivity index (χ1) is 10.2. The predicted octanol–water partition coefficient (Wildman–Crippen LogP) is -1.79. The van der Waals surface area contributed by atoms with Gasteiger partial charge in [0.1, 0.15) is 12.0 Å². The summed E-state index contributed by atoms with van der Waals surface area (Å²) in [6.07, 6.45) is 0.0291. The van der Waals surface area contributed by atoms with E-state index in [0.717, 1.165) is 0 Å². The molecule has 8 nitrogen and oxygen atoms in total. The minimum atomic E-state index is -1.63. The summed E-state index contributed by atoms with van der Waals surface area (Å²) in [5.41, 5.74) is 10.5. The van der Waals surface area contributed by atoms with Crippen molar-refractivity contribution in [3.63, 3.8) is 0 Å². The molecule has 1 aromatic rings. The number of amides is 1. The molecule has 0 spiro atoms. The van der Waals surface area contributed by atoms with Gasteiger partial charge in [0.05, 0.1) is 0 Å². The van der Waals surface area contributed by atoms with Crippen molar-refractivity contribution in [1.82, 2.24) is 0 Å². The fourth-order valence-corrected chi connectivity index (χ4v) is 1.27. The normalized spacial score (nSPS) is 10.8. The molecule has 0 heterocycles. The Balaban J connectivity index is 0.000000409. The number of carbonyl (C=O) groups is 4. The quantitative estimate of drug-likeness (QED) is 0.500. The van der Waals surface area contributed by atoms with Gasteiger partial charge in [-0.25, -0.2) is 0 Å². The zero-order valence-corrected chi connectivity index (χ0v) is 11.7. The number of carboxylic acid groups (broad SMARTS) is 2. The Hall–Kier alpha value is -2.74. The van der Waals surface area contributed by atoms with E-state index in [-0.39, 0.29) is 19.3 Å². The highest BCUT2D eigenvalue weighted by atomic mass is 16.4. The Kier molecular flexibility index (Phi) is 8.80. The van der Waals surface area contributed by atoms with E-state index >= 15 is 0 Å². The second-order valence-corrected chi connectivity index (χ2v) is 4.32. The molecule has 5 N–H and O–H groups in total. The van der Waals surface area contributed by atoms with Gasteiger partial charge in [0.2, 0.25) is 5.91 Å². The van der Waals surface area contributed by atoms with Gasteiger partial charge in [0.25, 0.3) is 0 Å². The molecule has 0 fully saturated rings. The summed E-state index contributed by atoms with van der Waals surface area (Å²) in [7, 11) is 0. The van der Waals surface area contributed by atoms with Crippen LogP contribution in [0, 0.1) is 0 Å². The van der Waals surface area contributed by atoms with E-state index in [1.807, 2.05) is 0 Å². The Morgan fingerprint density at radius 1 is 1.14 bits per heavy atom. The van der Waals surface area contributed by atoms with Crippen LogP contribution in [0.2, 0.25) is 0 Å².